The van der Waals surface area contributed by atoms with E-state index >= 15 is 0 Å². The number of carbonyl (C=O) groups is 1. The molecular weight excluding hydrogens is 564 g/mol. The number of hydrogen-bond acceptors (Lipinski definition) is 9. The van der Waals surface area contributed by atoms with Crippen molar-refractivity contribution in [3.05, 3.63) is 11.8 Å². The summed E-state index contributed by atoms with van der Waals surface area (Å²) in [6.07, 6.45) is 16.5. The molecule has 0 bridgehead atoms. The summed E-state index contributed by atoms with van der Waals surface area (Å²) in [7, 11) is 7.77. The van der Waals surface area contributed by atoms with Crippen LogP contribution in [0, 0.1) is 0 Å². The van der Waals surface area contributed by atoms with E-state index < -0.39 is 6.16 Å². The number of hydrogen-bond donors (Lipinski definition) is 0. The Bertz CT molecular complexity index is 842. The minimum atomic E-state index is -0.569. The molecule has 1 aliphatic heterocycles. The highest BCUT2D eigenvalue weighted by molar-refractivity contribution is 6.99. The fraction of sp³-hybridized carbons (Fsp3) is 0.833. The molecule has 9 nitrogen and oxygen atoms in total. The van der Waals surface area contributed by atoms with Crippen molar-refractivity contribution in [1.29, 1.82) is 0 Å². The lowest BCUT2D eigenvalue weighted by molar-refractivity contribution is -0.944. The number of aromatic nitrogens is 2. The van der Waals surface area contributed by atoms with Crippen molar-refractivity contribution in [1.82, 2.24) is 13.6 Å². The Balaban J connectivity index is 0.00000268. The van der Waals surface area contributed by atoms with Gasteiger partial charge >= 0.3 is 6.16 Å². The monoisotopic (exact) mass is 619 g/mol. The maximum absolute atomic E-state index is 12.4. The highest BCUT2D eigenvalue weighted by atomic mass is 35.5. The molecule has 0 amide bonds. The predicted molar refractivity (Wildman–Crippen MR) is 168 cm³/mol. The van der Waals surface area contributed by atoms with Crippen LogP contribution in [0.4, 0.5) is 4.79 Å². The summed E-state index contributed by atoms with van der Waals surface area (Å²) < 4.78 is 30.3. The van der Waals surface area contributed by atoms with Gasteiger partial charge in [0, 0.05) is 18.9 Å². The number of carbonyl (C=O) groups excluding carboxylic acids is 1. The van der Waals surface area contributed by atoms with Gasteiger partial charge in [-0.05, 0) is 39.9 Å². The van der Waals surface area contributed by atoms with E-state index in [4.69, 9.17) is 14.2 Å². The molecule has 11 heteroatoms. The highest BCUT2D eigenvalue weighted by Gasteiger charge is 2.37. The Morgan fingerprint density at radius 2 is 1.63 bits per heavy atom. The van der Waals surface area contributed by atoms with E-state index in [9.17, 15) is 4.79 Å². The number of nitrogens with zero attached hydrogens (tertiary/aromatic N) is 4. The number of quaternary nitrogens is 1. The normalized spacial score (nSPS) is 17.4. The van der Waals surface area contributed by atoms with Crippen LogP contribution in [0.2, 0.25) is 0 Å². The van der Waals surface area contributed by atoms with Gasteiger partial charge in [-0.3, -0.25) is 8.77 Å². The van der Waals surface area contributed by atoms with Gasteiger partial charge in [-0.2, -0.15) is 4.37 Å². The summed E-state index contributed by atoms with van der Waals surface area (Å²) in [5.74, 6) is 0.628. The molecule has 0 radical (unpaired) electrons. The lowest BCUT2D eigenvalue weighted by atomic mass is 10.0. The van der Waals surface area contributed by atoms with Gasteiger partial charge in [0.2, 0.25) is 6.23 Å². The zero-order valence-electron chi connectivity index (χ0n) is 26.5. The third kappa shape index (κ3) is 16.7. The molecule has 1 aromatic rings. The van der Waals surface area contributed by atoms with Gasteiger partial charge in [-0.1, -0.05) is 70.8 Å². The van der Waals surface area contributed by atoms with Gasteiger partial charge in [-0.15, -0.1) is 4.37 Å². The quantitative estimate of drug-likeness (QED) is 0.0834. The molecule has 0 saturated heterocycles. The molecule has 1 aromatic heterocycles. The smallest absolute Gasteiger partial charge is 0.475 e. The Kier molecular flexibility index (Phi) is 21.1. The van der Waals surface area contributed by atoms with Crippen molar-refractivity contribution in [3.63, 3.8) is 0 Å². The first-order valence-electron chi connectivity index (χ1n) is 15.4. The summed E-state index contributed by atoms with van der Waals surface area (Å²) in [4.78, 5) is 14.6. The van der Waals surface area contributed by atoms with Crippen LogP contribution in [0.5, 0.6) is 5.88 Å². The summed E-state index contributed by atoms with van der Waals surface area (Å²) in [5, 5.41) is 0. The van der Waals surface area contributed by atoms with Crippen molar-refractivity contribution < 1.29 is 27.8 Å². The van der Waals surface area contributed by atoms with Crippen LogP contribution in [0.3, 0.4) is 0 Å². The van der Waals surface area contributed by atoms with Gasteiger partial charge in [0.15, 0.2) is 0 Å². The number of rotatable bonds is 20. The zero-order valence-corrected chi connectivity index (χ0v) is 28.1. The minimum Gasteiger partial charge on any atom is -0.475 e. The van der Waals surface area contributed by atoms with E-state index in [0.29, 0.717) is 30.1 Å². The van der Waals surface area contributed by atoms with Crippen molar-refractivity contribution >= 4 is 35.3 Å². The molecule has 0 fully saturated rings. The molecule has 41 heavy (non-hydrogen) atoms. The minimum absolute atomic E-state index is 0.316. The molecule has 2 heterocycles. The molecular formula is C30H56ClN4O5S+. The van der Waals surface area contributed by atoms with Gasteiger partial charge in [0.05, 0.1) is 57.5 Å². The Hall–Kier alpha value is -1.46. The summed E-state index contributed by atoms with van der Waals surface area (Å²) >= 11 is 5.69. The maximum Gasteiger partial charge on any atom is 0.512 e. The Morgan fingerprint density at radius 3 is 2.29 bits per heavy atom. The molecule has 0 saturated carbocycles. The first-order valence-corrected chi connectivity index (χ1v) is 16.4. The molecule has 2 atom stereocenters. The van der Waals surface area contributed by atoms with E-state index in [1.165, 1.54) is 83.2 Å². The topological polar surface area (TPSA) is 83.0 Å². The molecule has 0 aromatic carbocycles. The summed E-state index contributed by atoms with van der Waals surface area (Å²) in [5.41, 5.74) is 1.94. The lowest BCUT2D eigenvalue weighted by Gasteiger charge is -2.41. The number of ether oxygens (including phenoxy) is 3. The van der Waals surface area contributed by atoms with Gasteiger partial charge in [0.25, 0.3) is 5.88 Å². The zero-order chi connectivity index (χ0) is 30.3. The standard InChI is InChI=1S/C29H53N4O4S.CH3ClO/c1-6-7-8-16-22-35-28-27(30-38-31-28)26-19-18-21-33(5,24-26)25(2)37-29(34)36-23-17-14-12-10-9-11-13-15-20-32(3)4;1-3-2/h19,25H,6-18,20-24H2,1-5H3;1H3/q+1;. The van der Waals surface area contributed by atoms with Crippen LogP contribution in [0.1, 0.15) is 103 Å². The largest absolute Gasteiger partial charge is 0.512 e. The first kappa shape index (κ1) is 37.6. The van der Waals surface area contributed by atoms with Gasteiger partial charge in [0.1, 0.15) is 12.2 Å². The summed E-state index contributed by atoms with van der Waals surface area (Å²) in [6, 6.07) is 0. The first-order chi connectivity index (χ1) is 19.8. The van der Waals surface area contributed by atoms with E-state index in [1.807, 2.05) is 6.92 Å². The molecule has 0 aliphatic carbocycles. The maximum atomic E-state index is 12.4. The SMILES string of the molecule is CCCCCCOc1nsnc1C1=CCC[N+](C)(C(C)OC(=O)OCCCCCCCCCCN(C)C)C1.COCl. The second-order valence-electron chi connectivity index (χ2n) is 11.3. The number of halogens is 1. The van der Waals surface area contributed by atoms with Gasteiger partial charge in [-0.25, -0.2) is 4.79 Å². The molecule has 1 aliphatic rings. The molecule has 0 N–H and O–H groups in total. The molecule has 0 spiro atoms. The van der Waals surface area contributed by atoms with Crippen LogP contribution in [0.15, 0.2) is 6.08 Å². The van der Waals surface area contributed by atoms with Crippen LogP contribution in [-0.2, 0) is 13.8 Å². The second-order valence-corrected chi connectivity index (χ2v) is 12.1. The fourth-order valence-corrected chi connectivity index (χ4v) is 5.30. The van der Waals surface area contributed by atoms with Crippen molar-refractivity contribution in [3.8, 4) is 5.88 Å². The van der Waals surface area contributed by atoms with E-state index in [-0.39, 0.29) is 6.23 Å². The summed E-state index contributed by atoms with van der Waals surface area (Å²) in [6.45, 7) is 8.02. The average molecular weight is 620 g/mol. The van der Waals surface area contributed by atoms with Gasteiger partial charge < -0.3 is 19.1 Å². The Morgan fingerprint density at radius 1 is 1.02 bits per heavy atom. The number of likely N-dealkylation sites (N-methyl/N-ethyl adjacent to an activating group) is 1. The van der Waals surface area contributed by atoms with E-state index in [1.54, 1.807) is 0 Å². The Labute approximate surface area is 258 Å². The molecule has 2 rings (SSSR count). The van der Waals surface area contributed by atoms with E-state index in [2.05, 4.69) is 63.9 Å². The van der Waals surface area contributed by atoms with Crippen LogP contribution in [0.25, 0.3) is 5.57 Å². The van der Waals surface area contributed by atoms with Crippen molar-refractivity contribution in [2.45, 2.75) is 104 Å². The third-order valence-corrected chi connectivity index (χ3v) is 7.94. The third-order valence-electron chi connectivity index (χ3n) is 7.43. The molecule has 238 valence electrons. The van der Waals surface area contributed by atoms with Crippen molar-refractivity contribution in [2.75, 3.05) is 61.1 Å². The van der Waals surface area contributed by atoms with Crippen molar-refractivity contribution in [2.24, 2.45) is 0 Å². The predicted octanol–water partition coefficient (Wildman–Crippen LogP) is 7.70. The van der Waals surface area contributed by atoms with Crippen LogP contribution < -0.4 is 4.74 Å². The van der Waals surface area contributed by atoms with E-state index in [0.717, 1.165) is 43.5 Å². The second kappa shape index (κ2) is 23.1. The lowest BCUT2D eigenvalue weighted by Crippen LogP contribution is -2.55. The van der Waals surface area contributed by atoms with Crippen LogP contribution in [-0.4, -0.2) is 91.6 Å². The average Bonchev–Trinajstić information content (AvgIpc) is 3.40. The highest BCUT2D eigenvalue weighted by Crippen LogP contribution is 2.31. The fourth-order valence-electron chi connectivity index (χ4n) is 4.76. The molecule has 2 unspecified atom stereocenters. The number of unbranched alkanes of at least 4 members (excludes halogenated alkanes) is 10. The van der Waals surface area contributed by atoms with Crippen LogP contribution >= 0.6 is 23.6 Å².